The van der Waals surface area contributed by atoms with Gasteiger partial charge in [0, 0.05) is 36.3 Å². The van der Waals surface area contributed by atoms with Gasteiger partial charge in [-0.05, 0) is 25.7 Å². The van der Waals surface area contributed by atoms with E-state index >= 15 is 0 Å². The van der Waals surface area contributed by atoms with Crippen LogP contribution < -0.4 is 16.0 Å². The van der Waals surface area contributed by atoms with Crippen molar-refractivity contribution in [1.82, 2.24) is 15.0 Å². The van der Waals surface area contributed by atoms with Crippen LogP contribution in [-0.4, -0.2) is 39.0 Å². The third kappa shape index (κ3) is 2.99. The number of nitrogens with one attached hydrogen (secondary N) is 1. The number of nitrogens with two attached hydrogens (primary N) is 1. The SMILES string of the molecule is N#Cc1ncc(N2[C@@H]3CC[C@H]2CC(Nc2c(C(N)=O)cnc4c2C=CC4)C3)cn1. The van der Waals surface area contributed by atoms with Gasteiger partial charge in [-0.2, -0.15) is 5.26 Å². The van der Waals surface area contributed by atoms with Crippen LogP contribution in [-0.2, 0) is 6.42 Å². The summed E-state index contributed by atoms with van der Waals surface area (Å²) in [5.41, 5.74) is 9.81. The molecule has 2 aromatic heterocycles. The van der Waals surface area contributed by atoms with Crippen LogP contribution in [0.1, 0.15) is 53.1 Å². The molecule has 0 spiro atoms. The Morgan fingerprint density at radius 2 is 1.90 bits per heavy atom. The van der Waals surface area contributed by atoms with Gasteiger partial charge < -0.3 is 16.0 Å². The monoisotopic (exact) mass is 387 g/mol. The van der Waals surface area contributed by atoms with Crippen molar-refractivity contribution in [3.05, 3.63) is 47.3 Å². The van der Waals surface area contributed by atoms with Gasteiger partial charge in [-0.25, -0.2) is 9.97 Å². The lowest BCUT2D eigenvalue weighted by Crippen LogP contribution is -2.47. The third-order valence-corrected chi connectivity index (χ3v) is 6.18. The Morgan fingerprint density at radius 3 is 2.55 bits per heavy atom. The molecule has 29 heavy (non-hydrogen) atoms. The molecule has 3 atom stereocenters. The van der Waals surface area contributed by atoms with E-state index in [0.29, 0.717) is 17.6 Å². The zero-order valence-electron chi connectivity index (χ0n) is 15.9. The zero-order chi connectivity index (χ0) is 20.0. The summed E-state index contributed by atoms with van der Waals surface area (Å²) in [5.74, 6) is -0.269. The summed E-state index contributed by atoms with van der Waals surface area (Å²) in [4.78, 5) is 27.0. The molecule has 0 radical (unpaired) electrons. The molecule has 0 aromatic carbocycles. The molecule has 1 amide bonds. The van der Waals surface area contributed by atoms with Crippen molar-refractivity contribution in [2.75, 3.05) is 10.2 Å². The van der Waals surface area contributed by atoms with Crippen molar-refractivity contribution in [3.8, 4) is 6.07 Å². The first-order valence-corrected chi connectivity index (χ1v) is 9.89. The van der Waals surface area contributed by atoms with Crippen LogP contribution in [0.5, 0.6) is 0 Å². The number of hydrogen-bond acceptors (Lipinski definition) is 7. The second-order valence-electron chi connectivity index (χ2n) is 7.86. The van der Waals surface area contributed by atoms with E-state index in [1.807, 2.05) is 12.1 Å². The number of hydrogen-bond donors (Lipinski definition) is 2. The number of primary amides is 1. The molecule has 8 nitrogen and oxygen atoms in total. The molecule has 2 saturated heterocycles. The maximum Gasteiger partial charge on any atom is 0.252 e. The largest absolute Gasteiger partial charge is 0.381 e. The van der Waals surface area contributed by atoms with Crippen LogP contribution in [0.3, 0.4) is 0 Å². The fourth-order valence-corrected chi connectivity index (χ4v) is 4.97. The van der Waals surface area contributed by atoms with E-state index in [9.17, 15) is 4.79 Å². The quantitative estimate of drug-likeness (QED) is 0.823. The fourth-order valence-electron chi connectivity index (χ4n) is 4.97. The minimum Gasteiger partial charge on any atom is -0.381 e. The average Bonchev–Trinajstić information content (AvgIpc) is 3.31. The number of allylic oxidation sites excluding steroid dienone is 1. The van der Waals surface area contributed by atoms with Crippen molar-refractivity contribution in [2.24, 2.45) is 5.73 Å². The summed E-state index contributed by atoms with van der Waals surface area (Å²) in [6.45, 7) is 0. The van der Waals surface area contributed by atoms with E-state index in [2.05, 4.69) is 31.2 Å². The molecule has 5 rings (SSSR count). The van der Waals surface area contributed by atoms with Crippen molar-refractivity contribution in [1.29, 1.82) is 5.26 Å². The molecular weight excluding hydrogens is 366 g/mol. The summed E-state index contributed by atoms with van der Waals surface area (Å²) in [6, 6.07) is 2.98. The summed E-state index contributed by atoms with van der Waals surface area (Å²) >= 11 is 0. The highest BCUT2D eigenvalue weighted by molar-refractivity contribution is 6.00. The Morgan fingerprint density at radius 1 is 1.17 bits per heavy atom. The smallest absolute Gasteiger partial charge is 0.252 e. The number of rotatable bonds is 4. The van der Waals surface area contributed by atoms with Crippen LogP contribution >= 0.6 is 0 Å². The number of nitrogens with zero attached hydrogens (tertiary/aromatic N) is 5. The standard InChI is InChI=1S/C21H21N7O/c22-8-19-25-9-15(10-26-19)28-13-4-5-14(28)7-12(6-13)27-20-16-2-1-3-18(16)24-11-17(20)21(23)29/h1-2,9-14H,3-7H2,(H2,23,29)(H,24,27)/t12?,13-,14+. The molecule has 4 heterocycles. The predicted octanol–water partition coefficient (Wildman–Crippen LogP) is 2.02. The molecule has 1 unspecified atom stereocenters. The first kappa shape index (κ1) is 17.6. The van der Waals surface area contributed by atoms with E-state index in [4.69, 9.17) is 11.0 Å². The van der Waals surface area contributed by atoms with Gasteiger partial charge >= 0.3 is 0 Å². The second kappa shape index (κ2) is 6.85. The average molecular weight is 387 g/mol. The van der Waals surface area contributed by atoms with Gasteiger partial charge in [-0.3, -0.25) is 9.78 Å². The fraction of sp³-hybridized carbons (Fsp3) is 0.381. The molecule has 2 aliphatic heterocycles. The van der Waals surface area contributed by atoms with Gasteiger partial charge in [0.2, 0.25) is 5.82 Å². The number of anilines is 2. The summed E-state index contributed by atoms with van der Waals surface area (Å²) in [5, 5.41) is 12.5. The number of carbonyl (C=O) groups excluding carboxylic acids is 1. The Bertz CT molecular complexity index is 1030. The van der Waals surface area contributed by atoms with Gasteiger partial charge in [-0.15, -0.1) is 0 Å². The number of amides is 1. The van der Waals surface area contributed by atoms with Crippen LogP contribution in [0, 0.1) is 11.3 Å². The predicted molar refractivity (Wildman–Crippen MR) is 108 cm³/mol. The van der Waals surface area contributed by atoms with E-state index < -0.39 is 5.91 Å². The van der Waals surface area contributed by atoms with Gasteiger partial charge in [0.25, 0.3) is 5.91 Å². The third-order valence-electron chi connectivity index (χ3n) is 6.18. The topological polar surface area (TPSA) is 121 Å². The number of piperidine rings is 1. The minimum atomic E-state index is -0.460. The molecule has 146 valence electrons. The van der Waals surface area contributed by atoms with Crippen LogP contribution in [0.15, 0.2) is 24.7 Å². The van der Waals surface area contributed by atoms with Gasteiger partial charge in [0.1, 0.15) is 6.07 Å². The van der Waals surface area contributed by atoms with E-state index in [-0.39, 0.29) is 11.9 Å². The molecule has 0 saturated carbocycles. The van der Waals surface area contributed by atoms with Crippen molar-refractivity contribution < 1.29 is 4.79 Å². The maximum atomic E-state index is 12.0. The lowest BCUT2D eigenvalue weighted by molar-refractivity contribution is 0.100. The summed E-state index contributed by atoms with van der Waals surface area (Å²) in [6.07, 6.45) is 14.1. The Hall–Kier alpha value is -3.47. The number of carbonyl (C=O) groups is 1. The van der Waals surface area contributed by atoms with Crippen LogP contribution in [0.2, 0.25) is 0 Å². The van der Waals surface area contributed by atoms with Gasteiger partial charge in [-0.1, -0.05) is 12.2 Å². The molecule has 1 aliphatic carbocycles. The Kier molecular flexibility index (Phi) is 4.16. The highest BCUT2D eigenvalue weighted by atomic mass is 16.1. The van der Waals surface area contributed by atoms with Crippen molar-refractivity contribution in [2.45, 2.75) is 50.2 Å². The first-order chi connectivity index (χ1) is 14.1. The van der Waals surface area contributed by atoms with Gasteiger partial charge in [0.15, 0.2) is 0 Å². The van der Waals surface area contributed by atoms with E-state index in [1.54, 1.807) is 18.6 Å². The molecule has 2 aromatic rings. The lowest BCUT2D eigenvalue weighted by atomic mass is 9.95. The normalized spacial score (nSPS) is 24.2. The molecular formula is C21H21N7O. The summed E-state index contributed by atoms with van der Waals surface area (Å²) in [7, 11) is 0. The maximum absolute atomic E-state index is 12.0. The molecule has 3 N–H and O–H groups in total. The highest BCUT2D eigenvalue weighted by Crippen LogP contribution is 2.40. The molecule has 8 heteroatoms. The van der Waals surface area contributed by atoms with Crippen molar-refractivity contribution >= 4 is 23.4 Å². The second-order valence-corrected chi connectivity index (χ2v) is 7.86. The van der Waals surface area contributed by atoms with Crippen LogP contribution in [0.25, 0.3) is 6.08 Å². The van der Waals surface area contributed by atoms with Crippen LogP contribution in [0.4, 0.5) is 11.4 Å². The van der Waals surface area contributed by atoms with E-state index in [1.165, 1.54) is 0 Å². The lowest BCUT2D eigenvalue weighted by Gasteiger charge is -2.41. The highest BCUT2D eigenvalue weighted by Gasteiger charge is 2.41. The van der Waals surface area contributed by atoms with Crippen molar-refractivity contribution in [3.63, 3.8) is 0 Å². The number of nitriles is 1. The summed E-state index contributed by atoms with van der Waals surface area (Å²) < 4.78 is 0. The molecule has 3 aliphatic rings. The minimum absolute atomic E-state index is 0.191. The number of aromatic nitrogens is 3. The molecule has 2 fully saturated rings. The zero-order valence-corrected chi connectivity index (χ0v) is 15.9. The molecule has 2 bridgehead atoms. The van der Waals surface area contributed by atoms with E-state index in [0.717, 1.165) is 54.7 Å². The Balaban J connectivity index is 1.39. The van der Waals surface area contributed by atoms with Gasteiger partial charge in [0.05, 0.1) is 35.0 Å². The number of fused-ring (bicyclic) bond motifs is 3. The Labute approximate surface area is 168 Å². The number of pyridine rings is 1. The first-order valence-electron chi connectivity index (χ1n) is 9.89.